The summed E-state index contributed by atoms with van der Waals surface area (Å²) in [6.07, 6.45) is 13.0. The van der Waals surface area contributed by atoms with E-state index in [2.05, 4.69) is 135 Å². The first-order valence-electron chi connectivity index (χ1n) is 20.9. The highest BCUT2D eigenvalue weighted by Crippen LogP contribution is 2.35. The molecule has 0 aliphatic carbocycles. The van der Waals surface area contributed by atoms with E-state index in [9.17, 15) is 9.59 Å². The third kappa shape index (κ3) is 8.73. The maximum Gasteiger partial charge on any atom is 0.219 e. The number of nitrogens with zero attached hydrogens (tertiary/aromatic N) is 8. The number of hydrogen-bond donors (Lipinski definition) is 2. The molecule has 3 aromatic heterocycles. The first-order chi connectivity index (χ1) is 29.0. The average Bonchev–Trinajstić information content (AvgIpc) is 3.79. The highest BCUT2D eigenvalue weighted by Gasteiger charge is 2.25. The molecule has 2 fully saturated rings. The van der Waals surface area contributed by atoms with Gasteiger partial charge in [-0.2, -0.15) is 0 Å². The number of hydrogen-bond acceptors (Lipinski definition) is 9. The Morgan fingerprint density at radius 2 is 1.25 bits per heavy atom. The molecule has 60 heavy (non-hydrogen) atoms. The molecule has 2 N–H and O–H groups in total. The fourth-order valence-corrected chi connectivity index (χ4v) is 8.64. The van der Waals surface area contributed by atoms with Crippen LogP contribution in [-0.4, -0.2) is 98.5 Å². The molecular weight excluding hydrogens is 749 g/mol. The Morgan fingerprint density at radius 3 is 1.88 bits per heavy atom. The fraction of sp³-hybridized carbons (Fsp3) is 0.333. The molecule has 7 aromatic rings. The van der Waals surface area contributed by atoms with Gasteiger partial charge in [0.2, 0.25) is 11.8 Å². The zero-order valence-electron chi connectivity index (χ0n) is 35.4. The first-order valence-corrected chi connectivity index (χ1v) is 20.9. The molecule has 2 amide bonds. The van der Waals surface area contributed by atoms with Gasteiger partial charge in [-0.05, 0) is 97.1 Å². The summed E-state index contributed by atoms with van der Waals surface area (Å²) in [6, 6.07) is 24.2. The molecule has 5 heterocycles. The van der Waals surface area contributed by atoms with Crippen molar-refractivity contribution in [2.45, 2.75) is 58.5 Å². The third-order valence-electron chi connectivity index (χ3n) is 11.9. The number of amides is 2. The van der Waals surface area contributed by atoms with Crippen molar-refractivity contribution in [2.24, 2.45) is 7.05 Å². The Balaban J connectivity index is 0.000000167. The first kappa shape index (κ1) is 40.2. The van der Waals surface area contributed by atoms with Gasteiger partial charge in [0.15, 0.2) is 0 Å². The van der Waals surface area contributed by atoms with E-state index >= 15 is 0 Å². The summed E-state index contributed by atoms with van der Waals surface area (Å²) in [5.41, 5.74) is 13.6. The molecule has 4 aromatic carbocycles. The van der Waals surface area contributed by atoms with E-state index < -0.39 is 0 Å². The van der Waals surface area contributed by atoms with E-state index in [1.807, 2.05) is 15.9 Å². The van der Waals surface area contributed by atoms with E-state index in [0.29, 0.717) is 6.04 Å². The highest BCUT2D eigenvalue weighted by molar-refractivity contribution is 5.97. The van der Waals surface area contributed by atoms with Gasteiger partial charge in [0.1, 0.15) is 0 Å². The van der Waals surface area contributed by atoms with Gasteiger partial charge in [-0.1, -0.05) is 24.3 Å². The number of rotatable bonds is 7. The van der Waals surface area contributed by atoms with Crippen LogP contribution in [0.15, 0.2) is 97.7 Å². The second kappa shape index (κ2) is 17.3. The monoisotopic (exact) mass is 802 g/mol. The molecule has 308 valence electrons. The molecule has 0 bridgehead atoms. The van der Waals surface area contributed by atoms with Gasteiger partial charge in [-0.25, -0.2) is 0 Å². The Hall–Kier alpha value is -6.56. The van der Waals surface area contributed by atoms with Crippen LogP contribution < -0.4 is 15.5 Å². The molecule has 12 heteroatoms. The van der Waals surface area contributed by atoms with Crippen LogP contribution in [0.2, 0.25) is 0 Å². The van der Waals surface area contributed by atoms with Gasteiger partial charge in [-0.15, -0.1) is 0 Å². The lowest BCUT2D eigenvalue weighted by Gasteiger charge is -2.20. The van der Waals surface area contributed by atoms with E-state index in [1.54, 1.807) is 38.6 Å². The quantitative estimate of drug-likeness (QED) is 0.164. The molecule has 0 spiro atoms. The smallest absolute Gasteiger partial charge is 0.219 e. The lowest BCUT2D eigenvalue weighted by atomic mass is 10.00. The molecule has 2 aliphatic rings. The highest BCUT2D eigenvalue weighted by atomic mass is 16.2. The Labute approximate surface area is 351 Å². The van der Waals surface area contributed by atoms with E-state index in [1.165, 1.54) is 22.2 Å². The van der Waals surface area contributed by atoms with Crippen molar-refractivity contribution in [1.29, 1.82) is 0 Å². The predicted octanol–water partition coefficient (Wildman–Crippen LogP) is 8.31. The molecule has 2 aliphatic heterocycles. The molecule has 0 radical (unpaired) electrons. The number of anilines is 3. The third-order valence-corrected chi connectivity index (χ3v) is 11.9. The maximum atomic E-state index is 11.8. The summed E-state index contributed by atoms with van der Waals surface area (Å²) in [4.78, 5) is 47.7. The van der Waals surface area contributed by atoms with Crippen molar-refractivity contribution in [2.75, 3.05) is 55.8 Å². The molecule has 12 nitrogen and oxygen atoms in total. The number of carbonyl (C=O) groups excluding carboxylic acids is 2. The number of aromatic nitrogens is 5. The summed E-state index contributed by atoms with van der Waals surface area (Å²) in [6.45, 7) is 8.60. The predicted molar refractivity (Wildman–Crippen MR) is 243 cm³/mol. The number of fused-ring (bicyclic) bond motifs is 3. The van der Waals surface area contributed by atoms with Crippen LogP contribution in [0, 0.1) is 6.92 Å². The van der Waals surface area contributed by atoms with Crippen molar-refractivity contribution in [3.05, 3.63) is 103 Å². The van der Waals surface area contributed by atoms with Crippen molar-refractivity contribution >= 4 is 61.8 Å². The van der Waals surface area contributed by atoms with Gasteiger partial charge in [0.05, 0.1) is 22.1 Å². The van der Waals surface area contributed by atoms with Crippen LogP contribution in [-0.2, 0) is 16.6 Å². The minimum atomic E-state index is 0.134. The van der Waals surface area contributed by atoms with Gasteiger partial charge in [0, 0.05) is 138 Å². The summed E-state index contributed by atoms with van der Waals surface area (Å²) in [5, 5.41) is 8.55. The van der Waals surface area contributed by atoms with Crippen molar-refractivity contribution < 1.29 is 9.59 Å². The van der Waals surface area contributed by atoms with Crippen LogP contribution in [0.25, 0.3) is 55.2 Å². The average molecular weight is 803 g/mol. The molecule has 2 saturated heterocycles. The summed E-state index contributed by atoms with van der Waals surface area (Å²) in [5.74, 6) is 0.301. The fourth-order valence-electron chi connectivity index (χ4n) is 8.64. The summed E-state index contributed by atoms with van der Waals surface area (Å²) >= 11 is 0. The SMILES string of the molecule is CC(=O)N1CCCC(Nc2cc(-c3ccc4ccn(C)c4c3)c3nccnc3c2)CC1.CC(=O)N1CC[C@H](Nc2cc(-c3ccc(C)c(N(C)C)c3)c3nccnc3c2)C1. The maximum absolute atomic E-state index is 11.8. The lowest BCUT2D eigenvalue weighted by molar-refractivity contribution is -0.129. The molecule has 1 unspecified atom stereocenters. The normalized spacial score (nSPS) is 16.7. The summed E-state index contributed by atoms with van der Waals surface area (Å²) in [7, 11) is 6.18. The second-order valence-corrected chi connectivity index (χ2v) is 16.4. The Bertz CT molecular complexity index is 2690. The summed E-state index contributed by atoms with van der Waals surface area (Å²) < 4.78 is 2.14. The standard InChI is InChI=1S/C25H27N5O.C23H27N5O/c1-17(31)30-11-3-4-20(8-13-30)28-21-15-22(25-23(16-21)26-9-10-27-25)19-6-5-18-7-12-29(2)24(18)14-19;1-15-5-6-17(11-22(15)27(3)4)20-12-19(13-21-23(20)25-9-8-24-21)26-18-7-10-28(14-18)16(2)29/h5-7,9-10,12,14-16,20,28H,3-4,8,11,13H2,1-2H3;5-6,8-9,11-13,18,26H,7,10,14H2,1-4H3/t;18-/m.0/s1. The second-order valence-electron chi connectivity index (χ2n) is 16.4. The lowest BCUT2D eigenvalue weighted by Crippen LogP contribution is -2.30. The van der Waals surface area contributed by atoms with E-state index in [0.717, 1.165) is 108 Å². The molecule has 2 atom stereocenters. The van der Waals surface area contributed by atoms with Gasteiger partial charge >= 0.3 is 0 Å². The van der Waals surface area contributed by atoms with Gasteiger partial charge in [0.25, 0.3) is 0 Å². The van der Waals surface area contributed by atoms with Crippen LogP contribution in [0.4, 0.5) is 17.1 Å². The number of likely N-dealkylation sites (tertiary alicyclic amines) is 2. The van der Waals surface area contributed by atoms with Crippen LogP contribution in [0.5, 0.6) is 0 Å². The van der Waals surface area contributed by atoms with Crippen molar-refractivity contribution in [3.8, 4) is 22.3 Å². The topological polar surface area (TPSA) is 124 Å². The van der Waals surface area contributed by atoms with Gasteiger partial charge in [-0.3, -0.25) is 29.5 Å². The minimum Gasteiger partial charge on any atom is -0.382 e. The van der Waals surface area contributed by atoms with Crippen LogP contribution in [0.1, 0.15) is 45.1 Å². The number of nitrogens with one attached hydrogen (secondary N) is 2. The van der Waals surface area contributed by atoms with Crippen molar-refractivity contribution in [3.63, 3.8) is 0 Å². The number of carbonyl (C=O) groups is 2. The molecular formula is C48H54N10O2. The zero-order chi connectivity index (χ0) is 41.9. The van der Waals surface area contributed by atoms with E-state index in [-0.39, 0.29) is 17.9 Å². The largest absolute Gasteiger partial charge is 0.382 e. The van der Waals surface area contributed by atoms with E-state index in [4.69, 9.17) is 0 Å². The zero-order valence-corrected chi connectivity index (χ0v) is 35.4. The number of benzene rings is 4. The van der Waals surface area contributed by atoms with Crippen molar-refractivity contribution in [1.82, 2.24) is 34.3 Å². The molecule has 0 saturated carbocycles. The minimum absolute atomic E-state index is 0.134. The van der Waals surface area contributed by atoms with Crippen LogP contribution >= 0.6 is 0 Å². The van der Waals surface area contributed by atoms with Gasteiger partial charge < -0.3 is 29.9 Å². The Kier molecular flexibility index (Phi) is 11.6. The van der Waals surface area contributed by atoms with Crippen LogP contribution in [0.3, 0.4) is 0 Å². The number of aryl methyl sites for hydroxylation is 2. The molecule has 9 rings (SSSR count). The Morgan fingerprint density at radius 1 is 0.667 bits per heavy atom.